The molecule has 0 N–H and O–H groups in total. The van der Waals surface area contributed by atoms with E-state index in [1.54, 1.807) is 49.6 Å². The van der Waals surface area contributed by atoms with Crippen molar-refractivity contribution in [1.29, 1.82) is 0 Å². The van der Waals surface area contributed by atoms with Gasteiger partial charge < -0.3 is 18.8 Å². The lowest BCUT2D eigenvalue weighted by molar-refractivity contribution is 0.0734. The Hall–Kier alpha value is -4.32. The van der Waals surface area contributed by atoms with Gasteiger partial charge in [-0.15, -0.1) is 0 Å². The minimum atomic E-state index is -0.468. The molecular formula is C28H23NO5. The van der Waals surface area contributed by atoms with Gasteiger partial charge in [0.2, 0.25) is 5.78 Å². The van der Waals surface area contributed by atoms with Crippen molar-refractivity contribution in [3.8, 4) is 17.2 Å². The minimum absolute atomic E-state index is 0.216. The second-order valence-electron chi connectivity index (χ2n) is 8.11. The van der Waals surface area contributed by atoms with Crippen LogP contribution in [0.2, 0.25) is 0 Å². The molecule has 0 saturated heterocycles. The monoisotopic (exact) mass is 453 g/mol. The molecule has 5 rings (SSSR count). The van der Waals surface area contributed by atoms with Gasteiger partial charge >= 0.3 is 5.97 Å². The van der Waals surface area contributed by atoms with E-state index < -0.39 is 5.97 Å². The van der Waals surface area contributed by atoms with Gasteiger partial charge in [-0.1, -0.05) is 17.7 Å². The van der Waals surface area contributed by atoms with Crippen molar-refractivity contribution in [2.45, 2.75) is 20.4 Å². The molecule has 3 aromatic carbocycles. The SMILES string of the molecule is CCn1cc(/C=C2\Oc3cc(OC(=O)c4cccc(C)c4)ccc3C2=O)c2cc(OC)ccc21. The van der Waals surface area contributed by atoms with Gasteiger partial charge in [-0.2, -0.15) is 0 Å². The number of ketones is 1. The Kier molecular flexibility index (Phi) is 5.42. The molecule has 6 heteroatoms. The van der Waals surface area contributed by atoms with Crippen LogP contribution in [0.25, 0.3) is 17.0 Å². The van der Waals surface area contributed by atoms with E-state index >= 15 is 0 Å². The van der Waals surface area contributed by atoms with Crippen molar-refractivity contribution in [2.24, 2.45) is 0 Å². The summed E-state index contributed by atoms with van der Waals surface area (Å²) in [5.41, 5.74) is 3.76. The van der Waals surface area contributed by atoms with E-state index in [1.165, 1.54) is 0 Å². The Morgan fingerprint density at radius 1 is 1.06 bits per heavy atom. The molecule has 1 aliphatic heterocycles. The predicted octanol–water partition coefficient (Wildman–Crippen LogP) is 5.81. The number of benzene rings is 3. The van der Waals surface area contributed by atoms with Crippen molar-refractivity contribution < 1.29 is 23.8 Å². The fraction of sp³-hybridized carbons (Fsp3) is 0.143. The first-order chi connectivity index (χ1) is 16.5. The summed E-state index contributed by atoms with van der Waals surface area (Å²) < 4.78 is 18.9. The summed E-state index contributed by atoms with van der Waals surface area (Å²) in [6.07, 6.45) is 3.74. The Balaban J connectivity index is 1.44. The number of aromatic nitrogens is 1. The van der Waals surface area contributed by atoms with Crippen molar-refractivity contribution in [3.63, 3.8) is 0 Å². The topological polar surface area (TPSA) is 66.8 Å². The van der Waals surface area contributed by atoms with Crippen LogP contribution in [0.3, 0.4) is 0 Å². The Morgan fingerprint density at radius 3 is 2.65 bits per heavy atom. The summed E-state index contributed by atoms with van der Waals surface area (Å²) >= 11 is 0. The Labute approximate surface area is 197 Å². The number of carbonyl (C=O) groups excluding carboxylic acids is 2. The number of nitrogens with zero attached hydrogens (tertiary/aromatic N) is 1. The number of hydrogen-bond donors (Lipinski definition) is 0. The molecule has 0 amide bonds. The van der Waals surface area contributed by atoms with Gasteiger partial charge in [0.25, 0.3) is 0 Å². The normalized spacial score (nSPS) is 13.7. The Bertz CT molecular complexity index is 1480. The van der Waals surface area contributed by atoms with Crippen LogP contribution in [-0.4, -0.2) is 23.4 Å². The van der Waals surface area contributed by atoms with Crippen LogP contribution in [0.15, 0.2) is 72.6 Å². The van der Waals surface area contributed by atoms with Gasteiger partial charge in [0.15, 0.2) is 5.76 Å². The van der Waals surface area contributed by atoms with Crippen LogP contribution in [0.4, 0.5) is 0 Å². The third-order valence-corrected chi connectivity index (χ3v) is 5.85. The molecular weight excluding hydrogens is 430 g/mol. The van der Waals surface area contributed by atoms with Crippen molar-refractivity contribution in [1.82, 2.24) is 4.57 Å². The summed E-state index contributed by atoms with van der Waals surface area (Å²) in [5.74, 6) is 0.948. The largest absolute Gasteiger partial charge is 0.497 e. The van der Waals surface area contributed by atoms with Crippen molar-refractivity contribution in [2.75, 3.05) is 7.11 Å². The molecule has 0 atom stereocenters. The maximum atomic E-state index is 13.0. The van der Waals surface area contributed by atoms with E-state index in [9.17, 15) is 9.59 Å². The average molecular weight is 453 g/mol. The molecule has 0 aliphatic carbocycles. The summed E-state index contributed by atoms with van der Waals surface area (Å²) in [4.78, 5) is 25.5. The minimum Gasteiger partial charge on any atom is -0.497 e. The van der Waals surface area contributed by atoms with Crippen LogP contribution in [0, 0.1) is 6.92 Å². The van der Waals surface area contributed by atoms with Gasteiger partial charge in [0.1, 0.15) is 17.2 Å². The second-order valence-corrected chi connectivity index (χ2v) is 8.11. The Morgan fingerprint density at radius 2 is 1.88 bits per heavy atom. The fourth-order valence-electron chi connectivity index (χ4n) is 4.12. The van der Waals surface area contributed by atoms with E-state index in [-0.39, 0.29) is 11.5 Å². The predicted molar refractivity (Wildman–Crippen MR) is 130 cm³/mol. The van der Waals surface area contributed by atoms with E-state index in [4.69, 9.17) is 14.2 Å². The van der Waals surface area contributed by atoms with E-state index in [0.717, 1.165) is 34.3 Å². The first-order valence-corrected chi connectivity index (χ1v) is 11.0. The van der Waals surface area contributed by atoms with E-state index in [1.807, 2.05) is 37.4 Å². The van der Waals surface area contributed by atoms with Gasteiger partial charge in [-0.3, -0.25) is 4.79 Å². The molecule has 170 valence electrons. The van der Waals surface area contributed by atoms with E-state index in [2.05, 4.69) is 11.5 Å². The lowest BCUT2D eigenvalue weighted by Crippen LogP contribution is -2.08. The van der Waals surface area contributed by atoms with E-state index in [0.29, 0.717) is 22.6 Å². The quantitative estimate of drug-likeness (QED) is 0.217. The number of allylic oxidation sites excluding steroid dienone is 1. The average Bonchev–Trinajstić information content (AvgIpc) is 3.35. The maximum absolute atomic E-state index is 13.0. The summed E-state index contributed by atoms with van der Waals surface area (Å²) in [6, 6.07) is 17.8. The highest BCUT2D eigenvalue weighted by Gasteiger charge is 2.28. The molecule has 34 heavy (non-hydrogen) atoms. The van der Waals surface area contributed by atoms with Crippen LogP contribution < -0.4 is 14.2 Å². The first kappa shape index (κ1) is 21.5. The number of methoxy groups -OCH3 is 1. The molecule has 1 aliphatic rings. The number of carbonyl (C=O) groups is 2. The molecule has 0 spiro atoms. The molecule has 0 radical (unpaired) electrons. The molecule has 1 aromatic heterocycles. The number of Topliss-reactive ketones (excluding diaryl/α,β-unsaturated/α-hetero) is 1. The highest BCUT2D eigenvalue weighted by Crippen LogP contribution is 2.36. The van der Waals surface area contributed by atoms with Gasteiger partial charge in [-0.25, -0.2) is 4.79 Å². The maximum Gasteiger partial charge on any atom is 0.343 e. The standard InChI is InChI=1S/C28H23NO5/c1-4-29-16-19(23-14-20(32-3)9-11-24(23)29)13-26-27(30)22-10-8-21(15-25(22)34-26)33-28(31)18-7-5-6-17(2)12-18/h5-16H,4H2,1-3H3/b26-13-. The number of fused-ring (bicyclic) bond motifs is 2. The third-order valence-electron chi connectivity index (χ3n) is 5.85. The molecule has 6 nitrogen and oxygen atoms in total. The zero-order chi connectivity index (χ0) is 23.8. The summed E-state index contributed by atoms with van der Waals surface area (Å²) in [6.45, 7) is 4.76. The lowest BCUT2D eigenvalue weighted by atomic mass is 10.1. The van der Waals surface area contributed by atoms with Crippen LogP contribution in [-0.2, 0) is 6.54 Å². The highest BCUT2D eigenvalue weighted by molar-refractivity contribution is 6.15. The number of esters is 1. The summed E-state index contributed by atoms with van der Waals surface area (Å²) in [5, 5.41) is 0.967. The zero-order valence-corrected chi connectivity index (χ0v) is 19.1. The van der Waals surface area contributed by atoms with Crippen molar-refractivity contribution in [3.05, 3.63) is 94.9 Å². The molecule has 0 fully saturated rings. The zero-order valence-electron chi connectivity index (χ0n) is 19.1. The second kappa shape index (κ2) is 8.56. The van der Waals surface area contributed by atoms with Gasteiger partial charge in [-0.05, 0) is 62.4 Å². The van der Waals surface area contributed by atoms with Crippen LogP contribution >= 0.6 is 0 Å². The van der Waals surface area contributed by atoms with Crippen LogP contribution in [0.5, 0.6) is 17.2 Å². The molecule has 4 aromatic rings. The molecule has 0 saturated carbocycles. The smallest absolute Gasteiger partial charge is 0.343 e. The number of ether oxygens (including phenoxy) is 3. The van der Waals surface area contributed by atoms with Crippen molar-refractivity contribution >= 4 is 28.7 Å². The third kappa shape index (κ3) is 3.83. The fourth-order valence-corrected chi connectivity index (χ4v) is 4.12. The lowest BCUT2D eigenvalue weighted by Gasteiger charge is -2.06. The molecule has 2 heterocycles. The number of aryl methyl sites for hydroxylation is 2. The number of hydrogen-bond acceptors (Lipinski definition) is 5. The highest BCUT2D eigenvalue weighted by atomic mass is 16.5. The molecule has 0 unspecified atom stereocenters. The number of rotatable bonds is 5. The first-order valence-electron chi connectivity index (χ1n) is 11.0. The van der Waals surface area contributed by atoms with Gasteiger partial charge in [0.05, 0.1) is 18.2 Å². The van der Waals surface area contributed by atoms with Gasteiger partial charge in [0, 0.05) is 35.3 Å². The molecule has 0 bridgehead atoms. The van der Waals surface area contributed by atoms with Crippen LogP contribution in [0.1, 0.15) is 38.8 Å². The summed E-state index contributed by atoms with van der Waals surface area (Å²) in [7, 11) is 1.62.